The zero-order valence-corrected chi connectivity index (χ0v) is 9.92. The Morgan fingerprint density at radius 3 is 2.33 bits per heavy atom. The van der Waals surface area contributed by atoms with Gasteiger partial charge in [-0.2, -0.15) is 0 Å². The summed E-state index contributed by atoms with van der Waals surface area (Å²) in [7, 11) is 0. The number of hydrogen-bond acceptors (Lipinski definition) is 3. The van der Waals surface area contributed by atoms with E-state index in [0.717, 1.165) is 11.1 Å². The first kappa shape index (κ1) is 12.0. The van der Waals surface area contributed by atoms with Gasteiger partial charge in [0.1, 0.15) is 0 Å². The predicted molar refractivity (Wildman–Crippen MR) is 68.1 cm³/mol. The highest BCUT2D eigenvalue weighted by Gasteiger charge is 2.07. The maximum Gasteiger partial charge on any atom is 0.345 e. The highest BCUT2D eigenvalue weighted by atomic mass is 16.6. The molecule has 2 rings (SSSR count). The number of carbonyl (C=O) groups is 2. The fourth-order valence-corrected chi connectivity index (χ4v) is 1.79. The molecule has 3 nitrogen and oxygen atoms in total. The van der Waals surface area contributed by atoms with E-state index in [-0.39, 0.29) is 6.47 Å². The van der Waals surface area contributed by atoms with Gasteiger partial charge in [-0.05, 0) is 35.7 Å². The minimum absolute atomic E-state index is 0.136. The number of esters is 1. The monoisotopic (exact) mass is 240 g/mol. The van der Waals surface area contributed by atoms with Crippen LogP contribution in [-0.2, 0) is 9.53 Å². The van der Waals surface area contributed by atoms with Crippen molar-refractivity contribution < 1.29 is 14.3 Å². The lowest BCUT2D eigenvalue weighted by atomic mass is 10.00. The van der Waals surface area contributed by atoms with Gasteiger partial charge >= 0.3 is 12.4 Å². The number of rotatable bonds is 3. The summed E-state index contributed by atoms with van der Waals surface area (Å²) in [6, 6.07) is 15.0. The molecule has 18 heavy (non-hydrogen) atoms. The SMILES string of the molecule is Cc1ccccc1-c1ccc(C(=O)OC=O)cc1. The van der Waals surface area contributed by atoms with Gasteiger partial charge in [0, 0.05) is 0 Å². The second kappa shape index (κ2) is 5.27. The maximum atomic E-state index is 11.3. The molecule has 0 aromatic heterocycles. The van der Waals surface area contributed by atoms with Crippen molar-refractivity contribution >= 4 is 12.4 Å². The number of ether oxygens (including phenoxy) is 1. The molecule has 0 bridgehead atoms. The summed E-state index contributed by atoms with van der Waals surface area (Å²) < 4.78 is 4.28. The van der Waals surface area contributed by atoms with Gasteiger partial charge < -0.3 is 4.74 Å². The van der Waals surface area contributed by atoms with Crippen molar-refractivity contribution in [1.29, 1.82) is 0 Å². The van der Waals surface area contributed by atoms with E-state index < -0.39 is 5.97 Å². The summed E-state index contributed by atoms with van der Waals surface area (Å²) in [6.45, 7) is 2.17. The van der Waals surface area contributed by atoms with E-state index in [1.807, 2.05) is 43.3 Å². The Labute approximate surface area is 105 Å². The molecular weight excluding hydrogens is 228 g/mol. The van der Waals surface area contributed by atoms with Gasteiger partial charge in [0.05, 0.1) is 5.56 Å². The van der Waals surface area contributed by atoms with Crippen LogP contribution in [-0.4, -0.2) is 12.4 Å². The van der Waals surface area contributed by atoms with E-state index in [1.54, 1.807) is 12.1 Å². The largest absolute Gasteiger partial charge is 0.392 e. The van der Waals surface area contributed by atoms with E-state index in [2.05, 4.69) is 4.74 Å². The van der Waals surface area contributed by atoms with Crippen molar-refractivity contribution in [3.63, 3.8) is 0 Å². The van der Waals surface area contributed by atoms with Crippen LogP contribution in [0.3, 0.4) is 0 Å². The molecule has 0 saturated carbocycles. The third kappa shape index (κ3) is 2.46. The highest BCUT2D eigenvalue weighted by Crippen LogP contribution is 2.23. The molecule has 0 radical (unpaired) electrons. The minimum Gasteiger partial charge on any atom is -0.392 e. The van der Waals surface area contributed by atoms with Crippen LogP contribution in [0, 0.1) is 6.92 Å². The van der Waals surface area contributed by atoms with Crippen molar-refractivity contribution in [1.82, 2.24) is 0 Å². The van der Waals surface area contributed by atoms with Crippen LogP contribution in [0.4, 0.5) is 0 Å². The van der Waals surface area contributed by atoms with Crippen molar-refractivity contribution in [2.24, 2.45) is 0 Å². The topological polar surface area (TPSA) is 43.4 Å². The van der Waals surface area contributed by atoms with Crippen LogP contribution in [0.15, 0.2) is 48.5 Å². The number of hydrogen-bond donors (Lipinski definition) is 0. The van der Waals surface area contributed by atoms with E-state index in [1.165, 1.54) is 5.56 Å². The molecule has 3 heteroatoms. The summed E-state index contributed by atoms with van der Waals surface area (Å²) in [5, 5.41) is 0. The molecule has 0 aliphatic carbocycles. The average Bonchev–Trinajstić information content (AvgIpc) is 2.40. The van der Waals surface area contributed by atoms with Gasteiger partial charge in [-0.15, -0.1) is 0 Å². The van der Waals surface area contributed by atoms with Crippen LogP contribution in [0.5, 0.6) is 0 Å². The molecule has 0 unspecified atom stereocenters. The van der Waals surface area contributed by atoms with Crippen molar-refractivity contribution in [3.8, 4) is 11.1 Å². The molecule has 0 aliphatic heterocycles. The third-order valence-corrected chi connectivity index (χ3v) is 2.73. The molecule has 0 saturated heterocycles. The smallest absolute Gasteiger partial charge is 0.345 e. The number of aryl methyl sites for hydroxylation is 1. The summed E-state index contributed by atoms with van der Waals surface area (Å²) in [6.07, 6.45) is 0. The van der Waals surface area contributed by atoms with Gasteiger partial charge in [-0.1, -0.05) is 36.4 Å². The first-order valence-electron chi connectivity index (χ1n) is 5.53. The first-order valence-corrected chi connectivity index (χ1v) is 5.53. The van der Waals surface area contributed by atoms with Gasteiger partial charge in [0.25, 0.3) is 0 Å². The van der Waals surface area contributed by atoms with E-state index in [9.17, 15) is 9.59 Å². The van der Waals surface area contributed by atoms with Crippen LogP contribution in [0.1, 0.15) is 15.9 Å². The Kier molecular flexibility index (Phi) is 3.53. The number of carbonyl (C=O) groups excluding carboxylic acids is 2. The Morgan fingerprint density at radius 2 is 1.72 bits per heavy atom. The number of benzene rings is 2. The summed E-state index contributed by atoms with van der Waals surface area (Å²) in [5.74, 6) is -0.638. The molecule has 90 valence electrons. The molecular formula is C15H12O3. The standard InChI is InChI=1S/C15H12O3/c1-11-4-2-3-5-14(11)12-6-8-13(9-7-12)15(17)18-10-16/h2-10H,1H3. The Bertz CT molecular complexity index is 571. The Morgan fingerprint density at radius 1 is 1.06 bits per heavy atom. The maximum absolute atomic E-state index is 11.3. The van der Waals surface area contributed by atoms with Gasteiger partial charge in [-0.25, -0.2) is 4.79 Å². The second-order valence-corrected chi connectivity index (χ2v) is 3.89. The van der Waals surface area contributed by atoms with Gasteiger partial charge in [0.2, 0.25) is 0 Å². The van der Waals surface area contributed by atoms with Crippen LogP contribution >= 0.6 is 0 Å². The lowest BCUT2D eigenvalue weighted by Gasteiger charge is -2.06. The third-order valence-electron chi connectivity index (χ3n) is 2.73. The second-order valence-electron chi connectivity index (χ2n) is 3.89. The van der Waals surface area contributed by atoms with Crippen molar-refractivity contribution in [2.75, 3.05) is 0 Å². The zero-order valence-electron chi connectivity index (χ0n) is 9.92. The van der Waals surface area contributed by atoms with Crippen LogP contribution in [0.25, 0.3) is 11.1 Å². The van der Waals surface area contributed by atoms with Crippen LogP contribution in [0.2, 0.25) is 0 Å². The molecule has 2 aromatic carbocycles. The molecule has 0 fully saturated rings. The van der Waals surface area contributed by atoms with Gasteiger partial charge in [0.15, 0.2) is 0 Å². The summed E-state index contributed by atoms with van der Waals surface area (Å²) in [4.78, 5) is 21.4. The zero-order chi connectivity index (χ0) is 13.0. The van der Waals surface area contributed by atoms with E-state index in [4.69, 9.17) is 0 Å². The van der Waals surface area contributed by atoms with E-state index >= 15 is 0 Å². The van der Waals surface area contributed by atoms with Gasteiger partial charge in [-0.3, -0.25) is 4.79 Å². The first-order chi connectivity index (χ1) is 8.72. The quantitative estimate of drug-likeness (QED) is 0.470. The summed E-state index contributed by atoms with van der Waals surface area (Å²) in [5.41, 5.74) is 3.67. The molecule has 0 heterocycles. The minimum atomic E-state index is -0.638. The van der Waals surface area contributed by atoms with Crippen LogP contribution < -0.4 is 0 Å². The molecule has 0 atom stereocenters. The van der Waals surface area contributed by atoms with Crippen molar-refractivity contribution in [2.45, 2.75) is 6.92 Å². The van der Waals surface area contributed by atoms with Crippen molar-refractivity contribution in [3.05, 3.63) is 59.7 Å². The normalized spacial score (nSPS) is 9.83. The average molecular weight is 240 g/mol. The molecule has 0 amide bonds. The lowest BCUT2D eigenvalue weighted by molar-refractivity contribution is -0.123. The lowest BCUT2D eigenvalue weighted by Crippen LogP contribution is -2.02. The fourth-order valence-electron chi connectivity index (χ4n) is 1.79. The molecule has 0 aliphatic rings. The highest BCUT2D eigenvalue weighted by molar-refractivity contribution is 5.93. The molecule has 2 aromatic rings. The summed E-state index contributed by atoms with van der Waals surface area (Å²) >= 11 is 0. The van der Waals surface area contributed by atoms with E-state index in [0.29, 0.717) is 5.56 Å². The fraction of sp³-hybridized carbons (Fsp3) is 0.0667. The Balaban J connectivity index is 2.31. The molecule has 0 spiro atoms. The molecule has 0 N–H and O–H groups in total. The Hall–Kier alpha value is -2.42. The predicted octanol–water partition coefficient (Wildman–Crippen LogP) is 2.98.